The van der Waals surface area contributed by atoms with Crippen LogP contribution in [0.25, 0.3) is 10.9 Å². The van der Waals surface area contributed by atoms with E-state index in [-0.39, 0.29) is 24.1 Å². The van der Waals surface area contributed by atoms with Crippen molar-refractivity contribution < 1.29 is 10.9 Å². The van der Waals surface area contributed by atoms with Gasteiger partial charge in [0.1, 0.15) is 17.6 Å². The first-order valence-corrected chi connectivity index (χ1v) is 12.8. The first kappa shape index (κ1) is 24.6. The lowest BCUT2D eigenvalue weighted by Crippen LogP contribution is -2.37. The minimum Gasteiger partial charge on any atom is -0.394 e. The average Bonchev–Trinajstić information content (AvgIpc) is 3.62. The predicted molar refractivity (Wildman–Crippen MR) is 146 cm³/mol. The second kappa shape index (κ2) is 10.2. The van der Waals surface area contributed by atoms with Crippen LogP contribution in [0.1, 0.15) is 63.9 Å². The summed E-state index contributed by atoms with van der Waals surface area (Å²) in [5, 5.41) is 35.9. The summed E-state index contributed by atoms with van der Waals surface area (Å²) < 4.78 is 25.1. The molecule has 5 rings (SSSR count). The van der Waals surface area contributed by atoms with E-state index in [0.29, 0.717) is 44.1 Å². The molecule has 4 aromatic rings. The number of aromatic nitrogens is 4. The quantitative estimate of drug-likeness (QED) is 0.260. The number of anilines is 2. The Morgan fingerprint density at radius 3 is 2.63 bits per heavy atom. The number of nitrogens with one attached hydrogen (secondary N) is 2. The van der Waals surface area contributed by atoms with Crippen LogP contribution in [-0.4, -0.2) is 37.7 Å². The van der Waals surface area contributed by atoms with Gasteiger partial charge >= 0.3 is 0 Å². The van der Waals surface area contributed by atoms with E-state index < -0.39 is 11.8 Å². The number of pyridine rings is 1. The van der Waals surface area contributed by atoms with Crippen LogP contribution < -0.4 is 10.6 Å². The smallest absolute Gasteiger partial charge is 0.123 e. The Morgan fingerprint density at radius 1 is 1.26 bits per heavy atom. The number of hydrogen-bond acceptors (Lipinski definition) is 7. The van der Waals surface area contributed by atoms with Gasteiger partial charge in [-0.3, -0.25) is 4.98 Å². The van der Waals surface area contributed by atoms with E-state index >= 15 is 0 Å². The fourth-order valence-corrected chi connectivity index (χ4v) is 4.50. The molecule has 1 aliphatic rings. The Labute approximate surface area is 226 Å². The number of nitrogens with zero attached hydrogens (tertiary/aromatic N) is 5. The van der Waals surface area contributed by atoms with E-state index in [2.05, 4.69) is 32.0 Å². The maximum absolute atomic E-state index is 13.8. The van der Waals surface area contributed by atoms with Crippen LogP contribution in [0, 0.1) is 22.6 Å². The number of nitriles is 1. The lowest BCUT2D eigenvalue weighted by molar-refractivity contribution is 0.202. The Kier molecular flexibility index (Phi) is 6.60. The molecule has 2 aromatic carbocycles. The second-order valence-corrected chi connectivity index (χ2v) is 11.0. The minimum absolute atomic E-state index is 0.152. The molecule has 0 bridgehead atoms. The van der Waals surface area contributed by atoms with Crippen molar-refractivity contribution in [1.29, 1.82) is 5.26 Å². The van der Waals surface area contributed by atoms with Crippen LogP contribution in [0.3, 0.4) is 0 Å². The van der Waals surface area contributed by atoms with Gasteiger partial charge in [0, 0.05) is 17.3 Å². The summed E-state index contributed by atoms with van der Waals surface area (Å²) >= 11 is 6.68. The molecule has 0 amide bonds. The van der Waals surface area contributed by atoms with E-state index in [9.17, 15) is 16.1 Å². The first-order valence-electron chi connectivity index (χ1n) is 12.9. The molecule has 1 aliphatic carbocycles. The average molecular weight is 535 g/mol. The largest absolute Gasteiger partial charge is 0.394 e. The summed E-state index contributed by atoms with van der Waals surface area (Å²) in [6, 6.07) is 9.51. The lowest BCUT2D eigenvalue weighted by Gasteiger charge is -2.31. The van der Waals surface area contributed by atoms with E-state index in [1.54, 1.807) is 23.0 Å². The van der Waals surface area contributed by atoms with E-state index in [4.69, 9.17) is 11.6 Å². The maximum Gasteiger partial charge on any atom is 0.123 e. The third kappa shape index (κ3) is 5.28. The van der Waals surface area contributed by atoms with Crippen LogP contribution in [0.5, 0.6) is 0 Å². The summed E-state index contributed by atoms with van der Waals surface area (Å²) in [5.74, 6) is -0.417. The maximum atomic E-state index is 13.8. The normalized spacial score (nSPS) is 16.4. The molecule has 1 unspecified atom stereocenters. The number of hydrogen-bond donors (Lipinski definition) is 3. The van der Waals surface area contributed by atoms with Crippen molar-refractivity contribution >= 4 is 33.9 Å². The van der Waals surface area contributed by atoms with Crippen molar-refractivity contribution in [2.75, 3.05) is 17.2 Å². The van der Waals surface area contributed by atoms with Crippen LogP contribution in [0.2, 0.25) is 5.02 Å². The van der Waals surface area contributed by atoms with E-state index in [1.165, 1.54) is 30.5 Å². The third-order valence-corrected chi connectivity index (χ3v) is 6.97. The molecule has 2 atom stereocenters. The molecule has 38 heavy (non-hydrogen) atoms. The topological polar surface area (TPSA) is 112 Å². The van der Waals surface area contributed by atoms with Crippen LogP contribution in [0.15, 0.2) is 48.8 Å². The van der Waals surface area contributed by atoms with E-state index in [1.807, 2.05) is 20.8 Å². The molecule has 8 nitrogen and oxygen atoms in total. The zero-order valence-electron chi connectivity index (χ0n) is 22.3. The molecule has 3 N–H and O–H groups in total. The first-order chi connectivity index (χ1) is 18.5. The molecule has 10 heteroatoms. The number of benzene rings is 2. The highest BCUT2D eigenvalue weighted by Gasteiger charge is 2.28. The van der Waals surface area contributed by atoms with Gasteiger partial charge in [-0.25, -0.2) is 9.07 Å². The lowest BCUT2D eigenvalue weighted by atomic mass is 9.87. The molecule has 196 valence electrons. The Bertz CT molecular complexity index is 1560. The monoisotopic (exact) mass is 534 g/mol. The van der Waals surface area contributed by atoms with Crippen LogP contribution >= 0.6 is 11.6 Å². The summed E-state index contributed by atoms with van der Waals surface area (Å²) in [6.07, 6.45) is 5.20. The zero-order valence-corrected chi connectivity index (χ0v) is 22.1. The number of rotatable bonds is 8. The number of fused-ring (bicyclic) bond motifs is 1. The fourth-order valence-electron chi connectivity index (χ4n) is 4.24. The van der Waals surface area contributed by atoms with Gasteiger partial charge in [0.05, 0.1) is 54.1 Å². The highest BCUT2D eigenvalue weighted by molar-refractivity contribution is 6.35. The van der Waals surface area contributed by atoms with Crippen molar-refractivity contribution in [1.82, 2.24) is 20.0 Å². The molecule has 2 aromatic heterocycles. The molecule has 0 radical (unpaired) electrons. The summed E-state index contributed by atoms with van der Waals surface area (Å²) in [5.41, 5.74) is 2.19. The molecule has 2 heterocycles. The Morgan fingerprint density at radius 2 is 2.00 bits per heavy atom. The minimum atomic E-state index is -1.63. The van der Waals surface area contributed by atoms with Gasteiger partial charge in [-0.05, 0) is 48.1 Å². The molecule has 0 spiro atoms. The number of aliphatic hydroxyl groups excluding tert-OH is 1. The van der Waals surface area contributed by atoms with Gasteiger partial charge in [-0.2, -0.15) is 5.26 Å². The molecule has 0 saturated heterocycles. The molecular weight excluding hydrogens is 505 g/mol. The highest BCUT2D eigenvalue weighted by atomic mass is 35.5. The van der Waals surface area contributed by atoms with E-state index in [0.717, 1.165) is 12.8 Å². The van der Waals surface area contributed by atoms with Gasteiger partial charge in [-0.1, -0.05) is 49.7 Å². The summed E-state index contributed by atoms with van der Waals surface area (Å²) in [6.45, 7) is 5.81. The van der Waals surface area contributed by atoms with Crippen molar-refractivity contribution in [2.45, 2.75) is 51.7 Å². The number of halogens is 2. The third-order valence-electron chi connectivity index (χ3n) is 6.68. The van der Waals surface area contributed by atoms with Crippen molar-refractivity contribution in [3.63, 3.8) is 0 Å². The van der Waals surface area contributed by atoms with Crippen molar-refractivity contribution in [3.05, 3.63) is 76.5 Å². The predicted octanol–water partition coefficient (Wildman–Crippen LogP) is 5.85. The van der Waals surface area contributed by atoms with Gasteiger partial charge < -0.3 is 15.7 Å². The SMILES string of the molecule is [2H]C(Nc1cc(Cl)c2ncc(C#N)c(N[C@@H](CO)C(C)(C)C)c2c1)(c1ccc(F)cc1)c1cn(C2CC2)nn1. The molecule has 1 fully saturated rings. The zero-order chi connectivity index (χ0) is 27.9. The van der Waals surface area contributed by atoms with Crippen molar-refractivity contribution in [2.24, 2.45) is 5.41 Å². The second-order valence-electron chi connectivity index (χ2n) is 10.6. The van der Waals surface area contributed by atoms with Gasteiger partial charge in [0.25, 0.3) is 0 Å². The standard InChI is InChI=1S/C28H29ClFN7O/c1-28(2,3)24(15-38)34-25-17(12-31)13-32-27-21(25)10-19(11-22(27)29)33-26(16-4-6-18(30)7-5-16)23-14-37(36-35-23)20-8-9-20/h4-7,10-11,13-14,20,24,26,33,38H,8-9,15H2,1-3H3,(H,32,34)/t24-,26?/m0/s1/i26D. The van der Waals surface area contributed by atoms with Crippen molar-refractivity contribution in [3.8, 4) is 6.07 Å². The highest BCUT2D eigenvalue weighted by Crippen LogP contribution is 2.38. The fraction of sp³-hybridized carbons (Fsp3) is 0.357. The molecular formula is C28H29ClFN7O. The van der Waals surface area contributed by atoms with Crippen LogP contribution in [-0.2, 0) is 0 Å². The summed E-state index contributed by atoms with van der Waals surface area (Å²) in [4.78, 5) is 4.40. The Hall–Kier alpha value is -3.74. The van der Waals surface area contributed by atoms with Gasteiger partial charge in [0.15, 0.2) is 0 Å². The number of aliphatic hydroxyl groups is 1. The summed E-state index contributed by atoms with van der Waals surface area (Å²) in [7, 11) is 0. The van der Waals surface area contributed by atoms with Crippen LogP contribution in [0.4, 0.5) is 15.8 Å². The Balaban J connectivity index is 1.63. The van der Waals surface area contributed by atoms with Gasteiger partial charge in [-0.15, -0.1) is 5.10 Å². The molecule has 1 saturated carbocycles. The molecule has 0 aliphatic heterocycles. The van der Waals surface area contributed by atoms with Gasteiger partial charge in [0.2, 0.25) is 0 Å².